The SMILES string of the molecule is NC(=NN=Cc1ccc(-c2ccc(F)cc2)cc1)SCc1ccccc1. The van der Waals surface area contributed by atoms with Crippen molar-refractivity contribution in [3.05, 3.63) is 95.8 Å². The molecule has 2 N–H and O–H groups in total. The summed E-state index contributed by atoms with van der Waals surface area (Å²) in [5, 5.41) is 8.47. The second-order valence-corrected chi connectivity index (χ2v) is 6.58. The predicted octanol–water partition coefficient (Wildman–Crippen LogP) is 5.07. The summed E-state index contributed by atoms with van der Waals surface area (Å²) in [5.74, 6) is 0.524. The van der Waals surface area contributed by atoms with Gasteiger partial charge in [-0.2, -0.15) is 5.10 Å². The molecule has 130 valence electrons. The number of hydrogen-bond acceptors (Lipinski definition) is 3. The largest absolute Gasteiger partial charge is 0.377 e. The Morgan fingerprint density at radius 2 is 1.50 bits per heavy atom. The molecule has 0 heterocycles. The van der Waals surface area contributed by atoms with E-state index in [1.54, 1.807) is 18.3 Å². The van der Waals surface area contributed by atoms with E-state index in [1.807, 2.05) is 54.6 Å². The van der Waals surface area contributed by atoms with E-state index in [-0.39, 0.29) is 5.82 Å². The molecule has 0 unspecified atom stereocenters. The lowest BCUT2D eigenvalue weighted by Crippen LogP contribution is -2.05. The quantitative estimate of drug-likeness (QED) is 0.391. The van der Waals surface area contributed by atoms with Crippen molar-refractivity contribution in [1.29, 1.82) is 0 Å². The Labute approximate surface area is 156 Å². The molecule has 3 rings (SSSR count). The Morgan fingerprint density at radius 3 is 2.15 bits per heavy atom. The van der Waals surface area contributed by atoms with E-state index in [2.05, 4.69) is 10.2 Å². The van der Waals surface area contributed by atoms with Gasteiger partial charge in [0.2, 0.25) is 0 Å². The summed E-state index contributed by atoms with van der Waals surface area (Å²) in [5.41, 5.74) is 9.96. The predicted molar refractivity (Wildman–Crippen MR) is 109 cm³/mol. The molecule has 3 aromatic rings. The lowest BCUT2D eigenvalue weighted by atomic mass is 10.0. The van der Waals surface area contributed by atoms with E-state index in [0.717, 1.165) is 22.4 Å². The van der Waals surface area contributed by atoms with Crippen LogP contribution in [0.3, 0.4) is 0 Å². The molecular weight excluding hydrogens is 345 g/mol. The highest BCUT2D eigenvalue weighted by Crippen LogP contribution is 2.19. The minimum atomic E-state index is -0.238. The van der Waals surface area contributed by atoms with Crippen LogP contribution in [-0.2, 0) is 5.75 Å². The van der Waals surface area contributed by atoms with E-state index >= 15 is 0 Å². The maximum Gasteiger partial charge on any atom is 0.180 e. The van der Waals surface area contributed by atoms with Crippen LogP contribution in [0.15, 0.2) is 89.1 Å². The van der Waals surface area contributed by atoms with Crippen molar-refractivity contribution in [2.24, 2.45) is 15.9 Å². The zero-order chi connectivity index (χ0) is 18.2. The van der Waals surface area contributed by atoms with Crippen LogP contribution in [0.5, 0.6) is 0 Å². The molecule has 26 heavy (non-hydrogen) atoms. The zero-order valence-corrected chi connectivity index (χ0v) is 14.9. The van der Waals surface area contributed by atoms with E-state index in [4.69, 9.17) is 5.73 Å². The number of rotatable bonds is 5. The van der Waals surface area contributed by atoms with Crippen molar-refractivity contribution in [2.75, 3.05) is 0 Å². The highest BCUT2D eigenvalue weighted by Gasteiger charge is 1.98. The van der Waals surface area contributed by atoms with Gasteiger partial charge in [-0.1, -0.05) is 78.5 Å². The van der Waals surface area contributed by atoms with Gasteiger partial charge in [-0.3, -0.25) is 0 Å². The minimum absolute atomic E-state index is 0.238. The van der Waals surface area contributed by atoms with Crippen LogP contribution in [-0.4, -0.2) is 11.4 Å². The molecule has 0 aliphatic carbocycles. The average molecular weight is 363 g/mol. The summed E-state index contributed by atoms with van der Waals surface area (Å²) in [6.07, 6.45) is 1.66. The first kappa shape index (κ1) is 17.9. The summed E-state index contributed by atoms with van der Waals surface area (Å²) in [7, 11) is 0. The van der Waals surface area contributed by atoms with Gasteiger partial charge in [0.15, 0.2) is 5.17 Å². The Balaban J connectivity index is 1.57. The van der Waals surface area contributed by atoms with Crippen molar-refractivity contribution in [3.63, 3.8) is 0 Å². The third-order valence-electron chi connectivity index (χ3n) is 3.68. The average Bonchev–Trinajstić information content (AvgIpc) is 2.68. The summed E-state index contributed by atoms with van der Waals surface area (Å²) in [4.78, 5) is 0. The minimum Gasteiger partial charge on any atom is -0.377 e. The molecule has 0 spiro atoms. The van der Waals surface area contributed by atoms with Gasteiger partial charge < -0.3 is 5.73 Å². The third-order valence-corrected chi connectivity index (χ3v) is 4.54. The zero-order valence-electron chi connectivity index (χ0n) is 14.0. The summed E-state index contributed by atoms with van der Waals surface area (Å²) in [6.45, 7) is 0. The highest BCUT2D eigenvalue weighted by atomic mass is 32.2. The number of nitrogens with zero attached hydrogens (tertiary/aromatic N) is 2. The van der Waals surface area contributed by atoms with Crippen LogP contribution in [0.2, 0.25) is 0 Å². The Bertz CT molecular complexity index is 889. The molecule has 0 amide bonds. The molecule has 0 aromatic heterocycles. The maximum absolute atomic E-state index is 13.0. The van der Waals surface area contributed by atoms with Crippen molar-refractivity contribution in [1.82, 2.24) is 0 Å². The number of thioether (sulfide) groups is 1. The fraction of sp³-hybridized carbons (Fsp3) is 0.0476. The molecule has 0 atom stereocenters. The number of hydrogen-bond donors (Lipinski definition) is 1. The van der Waals surface area contributed by atoms with Crippen molar-refractivity contribution in [3.8, 4) is 11.1 Å². The lowest BCUT2D eigenvalue weighted by molar-refractivity contribution is 0.628. The van der Waals surface area contributed by atoms with Gasteiger partial charge in [-0.15, -0.1) is 5.10 Å². The first-order valence-corrected chi connectivity index (χ1v) is 9.08. The first-order chi connectivity index (χ1) is 12.7. The molecule has 3 nitrogen and oxygen atoms in total. The van der Waals surface area contributed by atoms with Crippen LogP contribution < -0.4 is 5.73 Å². The fourth-order valence-corrected chi connectivity index (χ4v) is 2.93. The third kappa shape index (κ3) is 5.29. The Hall–Kier alpha value is -2.92. The van der Waals surface area contributed by atoms with Crippen LogP contribution in [0.25, 0.3) is 11.1 Å². The van der Waals surface area contributed by atoms with Gasteiger partial charge in [-0.05, 0) is 34.4 Å². The van der Waals surface area contributed by atoms with Gasteiger partial charge in [0.25, 0.3) is 0 Å². The fourth-order valence-electron chi connectivity index (χ4n) is 2.32. The monoisotopic (exact) mass is 363 g/mol. The van der Waals surface area contributed by atoms with Crippen molar-refractivity contribution < 1.29 is 4.39 Å². The second-order valence-electron chi connectivity index (χ2n) is 5.59. The molecule has 0 aliphatic rings. The topological polar surface area (TPSA) is 50.7 Å². The maximum atomic E-state index is 13.0. The van der Waals surface area contributed by atoms with Gasteiger partial charge in [0, 0.05) is 5.75 Å². The molecular formula is C21H18FN3S. The molecule has 0 bridgehead atoms. The number of halogens is 1. The molecule has 3 aromatic carbocycles. The smallest absolute Gasteiger partial charge is 0.180 e. The summed E-state index contributed by atoms with van der Waals surface area (Å²) >= 11 is 1.45. The van der Waals surface area contributed by atoms with Gasteiger partial charge >= 0.3 is 0 Å². The molecule has 0 saturated carbocycles. The number of amidine groups is 1. The number of benzene rings is 3. The van der Waals surface area contributed by atoms with Crippen molar-refractivity contribution >= 4 is 23.1 Å². The molecule has 0 aliphatic heterocycles. The van der Waals surface area contributed by atoms with E-state index < -0.39 is 0 Å². The van der Waals surface area contributed by atoms with E-state index in [9.17, 15) is 4.39 Å². The van der Waals surface area contributed by atoms with Crippen LogP contribution in [0, 0.1) is 5.82 Å². The van der Waals surface area contributed by atoms with Gasteiger partial charge in [0.1, 0.15) is 5.82 Å². The number of nitrogens with two attached hydrogens (primary N) is 1. The van der Waals surface area contributed by atoms with Crippen LogP contribution >= 0.6 is 11.8 Å². The molecule has 5 heteroatoms. The first-order valence-electron chi connectivity index (χ1n) is 8.10. The standard InChI is InChI=1S/C21H18FN3S/c22-20-12-10-19(11-13-20)18-8-6-16(7-9-18)14-24-25-21(23)26-15-17-4-2-1-3-5-17/h1-14H,15H2,(H2,23,25). The van der Waals surface area contributed by atoms with E-state index in [0.29, 0.717) is 5.17 Å². The summed E-state index contributed by atoms with van der Waals surface area (Å²) in [6, 6.07) is 24.3. The molecule has 0 fully saturated rings. The molecule has 0 saturated heterocycles. The van der Waals surface area contributed by atoms with Gasteiger partial charge in [0.05, 0.1) is 6.21 Å². The Morgan fingerprint density at radius 1 is 0.885 bits per heavy atom. The van der Waals surface area contributed by atoms with Crippen LogP contribution in [0.1, 0.15) is 11.1 Å². The normalized spacial score (nSPS) is 11.8. The molecule has 0 radical (unpaired) electrons. The van der Waals surface area contributed by atoms with Gasteiger partial charge in [-0.25, -0.2) is 4.39 Å². The summed E-state index contributed by atoms with van der Waals surface area (Å²) < 4.78 is 13.0. The second kappa shape index (κ2) is 8.97. The van der Waals surface area contributed by atoms with Crippen LogP contribution in [0.4, 0.5) is 4.39 Å². The Kier molecular flexibility index (Phi) is 6.17. The highest BCUT2D eigenvalue weighted by molar-refractivity contribution is 8.13. The lowest BCUT2D eigenvalue weighted by Gasteiger charge is -2.02. The van der Waals surface area contributed by atoms with E-state index in [1.165, 1.54) is 29.5 Å². The van der Waals surface area contributed by atoms with Crippen molar-refractivity contribution in [2.45, 2.75) is 5.75 Å².